The molecule has 17 heavy (non-hydrogen) atoms. The lowest BCUT2D eigenvalue weighted by Crippen LogP contribution is -2.09. The maximum atomic E-state index is 10.4. The average molecular weight is 233 g/mol. The molecule has 0 aromatic heterocycles. The van der Waals surface area contributed by atoms with Crippen LogP contribution in [0.15, 0.2) is 24.3 Å². The van der Waals surface area contributed by atoms with Gasteiger partial charge in [-0.1, -0.05) is 11.8 Å². The number of rotatable bonds is 4. The van der Waals surface area contributed by atoms with E-state index in [1.165, 1.54) is 0 Å². The Kier molecular flexibility index (Phi) is 4.58. The van der Waals surface area contributed by atoms with E-state index in [2.05, 4.69) is 11.8 Å². The zero-order chi connectivity index (χ0) is 12.7. The lowest BCUT2D eigenvalue weighted by molar-refractivity contribution is -0.139. The summed E-state index contributed by atoms with van der Waals surface area (Å²) in [5.74, 6) is 4.30. The lowest BCUT2D eigenvalue weighted by atomic mass is 10.2. The topological polar surface area (TPSA) is 89.6 Å². The molecular weight excluding hydrogens is 222 g/mol. The standard InChI is InChI=1S/C12H11NO4/c13-11(14)3-1-2-9-4-6-10(7-5-9)17-8-12(15)16/h4-7H,3,8H2,(H2,13,14)(H,15,16). The van der Waals surface area contributed by atoms with Crippen molar-refractivity contribution in [3.8, 4) is 17.6 Å². The summed E-state index contributed by atoms with van der Waals surface area (Å²) in [5, 5.41) is 8.41. The minimum absolute atomic E-state index is 0.0112. The normalized spacial score (nSPS) is 8.94. The largest absolute Gasteiger partial charge is 0.482 e. The Labute approximate surface area is 98.2 Å². The lowest BCUT2D eigenvalue weighted by Gasteiger charge is -2.01. The first kappa shape index (κ1) is 12.6. The van der Waals surface area contributed by atoms with E-state index in [1.54, 1.807) is 24.3 Å². The number of carbonyl (C=O) groups excluding carboxylic acids is 1. The molecule has 5 nitrogen and oxygen atoms in total. The molecule has 0 aliphatic carbocycles. The molecule has 1 amide bonds. The van der Waals surface area contributed by atoms with E-state index < -0.39 is 11.9 Å². The van der Waals surface area contributed by atoms with Crippen LogP contribution in [0.4, 0.5) is 0 Å². The van der Waals surface area contributed by atoms with Gasteiger partial charge in [0.2, 0.25) is 5.91 Å². The molecule has 88 valence electrons. The minimum Gasteiger partial charge on any atom is -0.482 e. The number of hydrogen-bond donors (Lipinski definition) is 2. The summed E-state index contributed by atoms with van der Waals surface area (Å²) in [4.78, 5) is 20.7. The van der Waals surface area contributed by atoms with Crippen molar-refractivity contribution in [2.45, 2.75) is 6.42 Å². The highest BCUT2D eigenvalue weighted by molar-refractivity contribution is 5.76. The van der Waals surface area contributed by atoms with Gasteiger partial charge in [0.05, 0.1) is 6.42 Å². The fraction of sp³-hybridized carbons (Fsp3) is 0.167. The Balaban J connectivity index is 2.57. The van der Waals surface area contributed by atoms with Crippen LogP contribution in [0.25, 0.3) is 0 Å². The third-order valence-electron chi connectivity index (χ3n) is 1.71. The highest BCUT2D eigenvalue weighted by Gasteiger charge is 1.98. The number of nitrogens with two attached hydrogens (primary N) is 1. The number of carboxylic acid groups (broad SMARTS) is 1. The fourth-order valence-corrected chi connectivity index (χ4v) is 1.01. The predicted molar refractivity (Wildman–Crippen MR) is 60.3 cm³/mol. The first-order valence-corrected chi connectivity index (χ1v) is 4.80. The minimum atomic E-state index is -1.03. The quantitative estimate of drug-likeness (QED) is 0.735. The van der Waals surface area contributed by atoms with Gasteiger partial charge in [0, 0.05) is 5.56 Å². The van der Waals surface area contributed by atoms with Crippen molar-refractivity contribution in [3.05, 3.63) is 29.8 Å². The SMILES string of the molecule is NC(=O)CC#Cc1ccc(OCC(=O)O)cc1. The number of carboxylic acids is 1. The zero-order valence-electron chi connectivity index (χ0n) is 8.97. The van der Waals surface area contributed by atoms with Crippen LogP contribution in [0, 0.1) is 11.8 Å². The van der Waals surface area contributed by atoms with Gasteiger partial charge in [-0.05, 0) is 24.3 Å². The smallest absolute Gasteiger partial charge is 0.341 e. The van der Waals surface area contributed by atoms with Crippen LogP contribution in [0.5, 0.6) is 5.75 Å². The average Bonchev–Trinajstić information content (AvgIpc) is 2.27. The summed E-state index contributed by atoms with van der Waals surface area (Å²) in [5.41, 5.74) is 5.63. The number of ether oxygens (including phenoxy) is 1. The summed E-state index contributed by atoms with van der Waals surface area (Å²) >= 11 is 0. The Hall–Kier alpha value is -2.48. The van der Waals surface area contributed by atoms with Crippen LogP contribution in [-0.2, 0) is 9.59 Å². The Bertz CT molecular complexity index is 468. The van der Waals surface area contributed by atoms with E-state index in [-0.39, 0.29) is 13.0 Å². The number of hydrogen-bond acceptors (Lipinski definition) is 3. The van der Waals surface area contributed by atoms with Crippen molar-refractivity contribution in [1.82, 2.24) is 0 Å². The molecule has 5 heteroatoms. The second-order valence-corrected chi connectivity index (χ2v) is 3.15. The van der Waals surface area contributed by atoms with E-state index in [9.17, 15) is 9.59 Å². The molecule has 0 fully saturated rings. The monoisotopic (exact) mass is 233 g/mol. The van der Waals surface area contributed by atoms with Gasteiger partial charge in [-0.25, -0.2) is 4.79 Å². The van der Waals surface area contributed by atoms with Gasteiger partial charge < -0.3 is 15.6 Å². The molecule has 1 aromatic rings. The highest BCUT2D eigenvalue weighted by atomic mass is 16.5. The molecule has 0 aliphatic heterocycles. The molecule has 0 saturated carbocycles. The van der Waals surface area contributed by atoms with Gasteiger partial charge in [-0.15, -0.1) is 0 Å². The van der Waals surface area contributed by atoms with Gasteiger partial charge in [0.25, 0.3) is 0 Å². The molecule has 0 spiro atoms. The molecule has 0 radical (unpaired) electrons. The van der Waals surface area contributed by atoms with Gasteiger partial charge in [0.15, 0.2) is 6.61 Å². The van der Waals surface area contributed by atoms with Gasteiger partial charge >= 0.3 is 5.97 Å². The van der Waals surface area contributed by atoms with Crippen LogP contribution in [0.2, 0.25) is 0 Å². The molecule has 0 unspecified atom stereocenters. The molecule has 1 aromatic carbocycles. The van der Waals surface area contributed by atoms with Gasteiger partial charge in [0.1, 0.15) is 5.75 Å². The molecule has 1 rings (SSSR count). The summed E-state index contributed by atoms with van der Waals surface area (Å²) in [6, 6.07) is 6.56. The van der Waals surface area contributed by atoms with Crippen LogP contribution >= 0.6 is 0 Å². The Morgan fingerprint density at radius 3 is 2.47 bits per heavy atom. The van der Waals surface area contributed by atoms with Gasteiger partial charge in [-0.2, -0.15) is 0 Å². The highest BCUT2D eigenvalue weighted by Crippen LogP contribution is 2.11. The third-order valence-corrected chi connectivity index (χ3v) is 1.71. The van der Waals surface area contributed by atoms with Crippen molar-refractivity contribution in [3.63, 3.8) is 0 Å². The first-order valence-electron chi connectivity index (χ1n) is 4.80. The molecule has 0 bridgehead atoms. The fourth-order valence-electron chi connectivity index (χ4n) is 1.01. The number of benzene rings is 1. The number of amides is 1. The van der Waals surface area contributed by atoms with Crippen LogP contribution in [0.1, 0.15) is 12.0 Å². The maximum absolute atomic E-state index is 10.4. The number of primary amides is 1. The second kappa shape index (κ2) is 6.18. The van der Waals surface area contributed by atoms with Crippen molar-refractivity contribution < 1.29 is 19.4 Å². The van der Waals surface area contributed by atoms with Crippen LogP contribution in [-0.4, -0.2) is 23.6 Å². The van der Waals surface area contributed by atoms with Crippen molar-refractivity contribution in [2.24, 2.45) is 5.73 Å². The molecule has 3 N–H and O–H groups in total. The zero-order valence-corrected chi connectivity index (χ0v) is 8.97. The van der Waals surface area contributed by atoms with Crippen LogP contribution < -0.4 is 10.5 Å². The number of aliphatic carboxylic acids is 1. The van der Waals surface area contributed by atoms with E-state index in [0.29, 0.717) is 11.3 Å². The van der Waals surface area contributed by atoms with Gasteiger partial charge in [-0.3, -0.25) is 4.79 Å². The first-order chi connectivity index (χ1) is 8.08. The second-order valence-electron chi connectivity index (χ2n) is 3.15. The Morgan fingerprint density at radius 2 is 1.94 bits per heavy atom. The molecule has 0 aliphatic rings. The number of carbonyl (C=O) groups is 2. The van der Waals surface area contributed by atoms with E-state index in [0.717, 1.165) is 0 Å². The molecule has 0 saturated heterocycles. The summed E-state index contributed by atoms with van der Waals surface area (Å²) in [6.07, 6.45) is 0.0112. The van der Waals surface area contributed by atoms with Crippen molar-refractivity contribution in [2.75, 3.05) is 6.61 Å². The van der Waals surface area contributed by atoms with Crippen molar-refractivity contribution in [1.29, 1.82) is 0 Å². The summed E-state index contributed by atoms with van der Waals surface area (Å²) in [6.45, 7) is -0.382. The Morgan fingerprint density at radius 1 is 1.29 bits per heavy atom. The molecular formula is C12H11NO4. The van der Waals surface area contributed by atoms with Crippen LogP contribution in [0.3, 0.4) is 0 Å². The molecule has 0 atom stereocenters. The summed E-state index contributed by atoms with van der Waals surface area (Å²) in [7, 11) is 0. The predicted octanol–water partition coefficient (Wildman–Crippen LogP) is 0.377. The van der Waals surface area contributed by atoms with Crippen molar-refractivity contribution >= 4 is 11.9 Å². The van der Waals surface area contributed by atoms with E-state index in [4.69, 9.17) is 15.6 Å². The maximum Gasteiger partial charge on any atom is 0.341 e. The third kappa shape index (κ3) is 5.23. The summed E-state index contributed by atoms with van der Waals surface area (Å²) < 4.78 is 4.94. The molecule has 0 heterocycles. The van der Waals surface area contributed by atoms with E-state index >= 15 is 0 Å². The van der Waals surface area contributed by atoms with E-state index in [1.807, 2.05) is 0 Å².